The molecule has 1 fully saturated rings. The first-order valence-corrected chi connectivity index (χ1v) is 11.8. The van der Waals surface area contributed by atoms with Crippen molar-refractivity contribution in [2.75, 3.05) is 13.2 Å². The molecule has 1 heterocycles. The van der Waals surface area contributed by atoms with E-state index in [9.17, 15) is 4.79 Å². The predicted octanol–water partition coefficient (Wildman–Crippen LogP) is 3.47. The molecular weight excluding hydrogens is 348 g/mol. The Balaban J connectivity index is 2.72. The van der Waals surface area contributed by atoms with Gasteiger partial charge in [-0.25, -0.2) is 0 Å². The van der Waals surface area contributed by atoms with Crippen molar-refractivity contribution in [3.8, 4) is 12.3 Å². The van der Waals surface area contributed by atoms with Crippen LogP contribution < -0.4 is 0 Å². The average molecular weight is 381 g/mol. The van der Waals surface area contributed by atoms with Gasteiger partial charge in [0, 0.05) is 6.92 Å². The first kappa shape index (κ1) is 22.6. The fourth-order valence-electron chi connectivity index (χ4n) is 2.93. The van der Waals surface area contributed by atoms with E-state index in [2.05, 4.69) is 33.3 Å². The van der Waals surface area contributed by atoms with Crippen LogP contribution in [0.5, 0.6) is 0 Å². The van der Waals surface area contributed by atoms with Gasteiger partial charge in [-0.3, -0.25) is 4.79 Å². The first-order valence-electron chi connectivity index (χ1n) is 9.28. The van der Waals surface area contributed by atoms with Crippen LogP contribution in [0.15, 0.2) is 24.8 Å². The van der Waals surface area contributed by atoms with E-state index in [0.717, 1.165) is 18.1 Å². The quantitative estimate of drug-likeness (QED) is 0.122. The second-order valence-electron chi connectivity index (χ2n) is 6.34. The van der Waals surface area contributed by atoms with Gasteiger partial charge in [0.1, 0.15) is 24.4 Å². The summed E-state index contributed by atoms with van der Waals surface area (Å²) >= 11 is 0. The topological polar surface area (TPSA) is 57.3 Å². The van der Waals surface area contributed by atoms with E-state index >= 15 is 0 Å². The number of ether oxygens (including phenoxy) is 3. The third-order valence-electron chi connectivity index (χ3n) is 4.74. The molecule has 0 bridgehead atoms. The van der Waals surface area contributed by atoms with Crippen molar-refractivity contribution in [2.45, 2.75) is 70.2 Å². The maximum atomic E-state index is 11.4. The molecule has 5 nitrogen and oxygen atoms in total. The summed E-state index contributed by atoms with van der Waals surface area (Å²) in [5.74, 6) is 2.37. The molecule has 26 heavy (non-hydrogen) atoms. The van der Waals surface area contributed by atoms with Crippen molar-refractivity contribution >= 4 is 14.3 Å². The van der Waals surface area contributed by atoms with Gasteiger partial charge in [-0.1, -0.05) is 38.8 Å². The zero-order chi connectivity index (χ0) is 19.6. The smallest absolute Gasteiger partial charge is 0.303 e. The van der Waals surface area contributed by atoms with Crippen LogP contribution in [0.4, 0.5) is 0 Å². The van der Waals surface area contributed by atoms with Crippen molar-refractivity contribution < 1.29 is 23.4 Å². The van der Waals surface area contributed by atoms with E-state index in [1.165, 1.54) is 6.92 Å². The minimum atomic E-state index is -1.84. The van der Waals surface area contributed by atoms with Crippen LogP contribution in [0.3, 0.4) is 0 Å². The molecule has 0 aromatic carbocycles. The summed E-state index contributed by atoms with van der Waals surface area (Å²) in [4.78, 5) is 11.4. The molecule has 4 atom stereocenters. The first-order chi connectivity index (χ1) is 12.5. The predicted molar refractivity (Wildman–Crippen MR) is 105 cm³/mol. The normalized spacial score (nSPS) is 21.8. The molecule has 1 rings (SSSR count). The van der Waals surface area contributed by atoms with E-state index in [1.807, 2.05) is 6.08 Å². The molecule has 0 N–H and O–H groups in total. The zero-order valence-electron chi connectivity index (χ0n) is 16.4. The summed E-state index contributed by atoms with van der Waals surface area (Å²) in [6.07, 6.45) is 9.55. The maximum Gasteiger partial charge on any atom is 0.303 e. The molecular formula is C20H32O5Si. The molecule has 0 spiro atoms. The number of terminal acetylenes is 1. The minimum absolute atomic E-state index is 0.250. The third-order valence-corrected chi connectivity index (χ3v) is 9.36. The van der Waals surface area contributed by atoms with Gasteiger partial charge in [0.05, 0.1) is 13.2 Å². The Morgan fingerprint density at radius 1 is 1.27 bits per heavy atom. The van der Waals surface area contributed by atoms with Crippen LogP contribution in [-0.4, -0.2) is 51.9 Å². The molecule has 1 saturated heterocycles. The summed E-state index contributed by atoms with van der Waals surface area (Å²) in [5.41, 5.74) is 0. The van der Waals surface area contributed by atoms with Crippen LogP contribution in [0.2, 0.25) is 18.1 Å². The standard InChI is InChI=1S/C20H32O5Si/c1-7-14-22-15-12-13-18(23-16(6)21)20-19(24-20)17(8-2)25-26(9-3,10-4)11-5/h2,7,12-13,17-20H,1,9-11,14-15H2,3-6H3/b13-12-/t17?,18-,19-,20+/m1/s1. The molecule has 0 saturated carbocycles. The van der Waals surface area contributed by atoms with E-state index in [1.54, 1.807) is 12.2 Å². The van der Waals surface area contributed by atoms with Crippen LogP contribution >= 0.6 is 0 Å². The summed E-state index contributed by atoms with van der Waals surface area (Å²) < 4.78 is 22.8. The lowest BCUT2D eigenvalue weighted by atomic mass is 10.1. The highest BCUT2D eigenvalue weighted by Crippen LogP contribution is 2.35. The molecule has 1 aliphatic heterocycles. The van der Waals surface area contributed by atoms with Gasteiger partial charge in [-0.05, 0) is 24.2 Å². The van der Waals surface area contributed by atoms with E-state index < -0.39 is 20.5 Å². The van der Waals surface area contributed by atoms with Crippen LogP contribution in [0.1, 0.15) is 27.7 Å². The van der Waals surface area contributed by atoms with Crippen molar-refractivity contribution in [1.82, 2.24) is 0 Å². The molecule has 0 radical (unpaired) electrons. The van der Waals surface area contributed by atoms with Crippen LogP contribution in [0, 0.1) is 12.3 Å². The number of rotatable bonds is 13. The highest BCUT2D eigenvalue weighted by atomic mass is 28.4. The Bertz CT molecular complexity index is 513. The summed E-state index contributed by atoms with van der Waals surface area (Å²) in [7, 11) is -1.84. The van der Waals surface area contributed by atoms with Gasteiger partial charge in [0.25, 0.3) is 0 Å². The molecule has 6 heteroatoms. The Hall–Kier alpha value is -1.39. The van der Waals surface area contributed by atoms with Crippen molar-refractivity contribution in [3.63, 3.8) is 0 Å². The number of carbonyl (C=O) groups is 1. The molecule has 0 amide bonds. The summed E-state index contributed by atoms with van der Waals surface area (Å²) in [6, 6.07) is 3.05. The minimum Gasteiger partial charge on any atom is -0.455 e. The number of hydrogen-bond acceptors (Lipinski definition) is 5. The molecule has 0 aromatic heterocycles. The third kappa shape index (κ3) is 6.73. The van der Waals surface area contributed by atoms with Gasteiger partial charge < -0.3 is 18.6 Å². The maximum absolute atomic E-state index is 11.4. The van der Waals surface area contributed by atoms with Crippen molar-refractivity contribution in [3.05, 3.63) is 24.8 Å². The largest absolute Gasteiger partial charge is 0.455 e. The van der Waals surface area contributed by atoms with E-state index in [-0.39, 0.29) is 18.2 Å². The lowest BCUT2D eigenvalue weighted by Crippen LogP contribution is -2.42. The Labute approximate surface area is 158 Å². The van der Waals surface area contributed by atoms with Gasteiger partial charge in [-0.2, -0.15) is 0 Å². The number of hydrogen-bond donors (Lipinski definition) is 0. The van der Waals surface area contributed by atoms with Gasteiger partial charge in [-0.15, -0.1) is 13.0 Å². The molecule has 0 aliphatic carbocycles. The van der Waals surface area contributed by atoms with Gasteiger partial charge >= 0.3 is 5.97 Å². The van der Waals surface area contributed by atoms with Crippen molar-refractivity contribution in [1.29, 1.82) is 0 Å². The summed E-state index contributed by atoms with van der Waals surface area (Å²) in [5, 5.41) is 0. The van der Waals surface area contributed by atoms with Gasteiger partial charge in [0.2, 0.25) is 0 Å². The molecule has 146 valence electrons. The van der Waals surface area contributed by atoms with Crippen LogP contribution in [-0.2, 0) is 23.4 Å². The number of carbonyl (C=O) groups excluding carboxylic acids is 1. The number of esters is 1. The van der Waals surface area contributed by atoms with Gasteiger partial charge in [0.15, 0.2) is 8.32 Å². The number of epoxide rings is 1. The molecule has 1 aliphatic rings. The Kier molecular flexibility index (Phi) is 9.88. The highest BCUT2D eigenvalue weighted by molar-refractivity contribution is 6.73. The lowest BCUT2D eigenvalue weighted by molar-refractivity contribution is -0.144. The second-order valence-corrected chi connectivity index (χ2v) is 11.1. The SMILES string of the molecule is C#CC(O[Si](CC)(CC)CC)[C@H]1O[C@H]1[C@@H](/C=C\COCC=C)OC(C)=O. The average Bonchev–Trinajstić information content (AvgIpc) is 3.42. The fraction of sp³-hybridized carbons (Fsp3) is 0.650. The van der Waals surface area contributed by atoms with E-state index in [4.69, 9.17) is 25.1 Å². The lowest BCUT2D eigenvalue weighted by Gasteiger charge is -2.30. The van der Waals surface area contributed by atoms with E-state index in [0.29, 0.717) is 13.2 Å². The fourth-order valence-corrected chi connectivity index (χ4v) is 5.67. The highest BCUT2D eigenvalue weighted by Gasteiger charge is 2.52. The monoisotopic (exact) mass is 380 g/mol. The second kappa shape index (κ2) is 11.3. The molecule has 0 aromatic rings. The van der Waals surface area contributed by atoms with Crippen LogP contribution in [0.25, 0.3) is 0 Å². The Morgan fingerprint density at radius 3 is 2.42 bits per heavy atom. The Morgan fingerprint density at radius 2 is 1.92 bits per heavy atom. The zero-order valence-corrected chi connectivity index (χ0v) is 17.4. The molecule has 1 unspecified atom stereocenters. The summed E-state index contributed by atoms with van der Waals surface area (Å²) in [6.45, 7) is 12.3. The van der Waals surface area contributed by atoms with Crippen molar-refractivity contribution in [2.24, 2.45) is 0 Å².